The molecule has 1 rings (SSSR count). The number of unbranched alkanes of at least 4 members (excludes halogenated alkanes) is 1. The quantitative estimate of drug-likeness (QED) is 0.441. The maximum Gasteiger partial charge on any atom is 0.265 e. The van der Waals surface area contributed by atoms with Crippen molar-refractivity contribution in [1.82, 2.24) is 10.3 Å². The van der Waals surface area contributed by atoms with Crippen LogP contribution in [-0.2, 0) is 6.54 Å². The van der Waals surface area contributed by atoms with Gasteiger partial charge in [0.15, 0.2) is 0 Å². The normalized spacial score (nSPS) is 10.7. The zero-order valence-corrected chi connectivity index (χ0v) is 11.3. The van der Waals surface area contributed by atoms with E-state index in [0.717, 1.165) is 25.2 Å². The van der Waals surface area contributed by atoms with Gasteiger partial charge in [0.05, 0.1) is 0 Å². The highest BCUT2D eigenvalue weighted by atomic mass is 16.2. The minimum Gasteiger partial charge on any atom is -0.299 e. The van der Waals surface area contributed by atoms with Crippen molar-refractivity contribution in [2.24, 2.45) is 5.84 Å². The van der Waals surface area contributed by atoms with Crippen molar-refractivity contribution in [2.45, 2.75) is 33.2 Å². The molecule has 1 aromatic carbocycles. The predicted molar refractivity (Wildman–Crippen MR) is 74.0 cm³/mol. The fourth-order valence-corrected chi connectivity index (χ4v) is 1.88. The molecule has 0 aliphatic carbocycles. The average Bonchev–Trinajstić information content (AvgIpc) is 2.42. The van der Waals surface area contributed by atoms with E-state index in [1.54, 1.807) is 6.07 Å². The second kappa shape index (κ2) is 7.84. The molecule has 0 aromatic heterocycles. The number of nitrogens with one attached hydrogen (secondary N) is 1. The number of benzene rings is 1. The molecule has 0 aliphatic heterocycles. The fraction of sp³-hybridized carbons (Fsp3) is 0.500. The molecule has 18 heavy (non-hydrogen) atoms. The first kappa shape index (κ1) is 14.7. The third-order valence-corrected chi connectivity index (χ3v) is 3.00. The van der Waals surface area contributed by atoms with E-state index in [9.17, 15) is 4.79 Å². The van der Waals surface area contributed by atoms with Gasteiger partial charge < -0.3 is 0 Å². The van der Waals surface area contributed by atoms with E-state index in [2.05, 4.69) is 24.2 Å². The maximum absolute atomic E-state index is 11.4. The largest absolute Gasteiger partial charge is 0.299 e. The van der Waals surface area contributed by atoms with Crippen LogP contribution in [0.5, 0.6) is 0 Å². The van der Waals surface area contributed by atoms with Gasteiger partial charge in [-0.15, -0.1) is 0 Å². The van der Waals surface area contributed by atoms with Gasteiger partial charge in [-0.3, -0.25) is 15.1 Å². The molecule has 0 atom stereocenters. The Morgan fingerprint density at radius 2 is 2.17 bits per heavy atom. The molecule has 0 spiro atoms. The van der Waals surface area contributed by atoms with Crippen LogP contribution in [0, 0.1) is 0 Å². The van der Waals surface area contributed by atoms with Crippen LogP contribution in [0.15, 0.2) is 24.3 Å². The van der Waals surface area contributed by atoms with Gasteiger partial charge in [-0.2, -0.15) is 0 Å². The highest BCUT2D eigenvalue weighted by Crippen LogP contribution is 2.09. The van der Waals surface area contributed by atoms with Gasteiger partial charge in [0.1, 0.15) is 0 Å². The summed E-state index contributed by atoms with van der Waals surface area (Å²) in [6, 6.07) is 7.61. The number of hydrogen-bond acceptors (Lipinski definition) is 3. The molecule has 4 nitrogen and oxygen atoms in total. The standard InChI is InChI=1S/C14H23N3O/c1-3-5-9-17(4-2)11-12-7-6-8-13(10-12)14(18)16-15/h6-8,10H,3-5,9,11,15H2,1-2H3,(H,16,18). The lowest BCUT2D eigenvalue weighted by atomic mass is 10.1. The Kier molecular flexibility index (Phi) is 6.39. The predicted octanol–water partition coefficient (Wildman–Crippen LogP) is 1.91. The summed E-state index contributed by atoms with van der Waals surface area (Å²) in [6.07, 6.45) is 2.41. The van der Waals surface area contributed by atoms with E-state index in [-0.39, 0.29) is 5.91 Å². The Labute approximate surface area is 109 Å². The van der Waals surface area contributed by atoms with Crippen LogP contribution in [0.2, 0.25) is 0 Å². The van der Waals surface area contributed by atoms with Crippen molar-refractivity contribution in [3.63, 3.8) is 0 Å². The van der Waals surface area contributed by atoms with Crippen molar-refractivity contribution in [1.29, 1.82) is 0 Å². The minimum absolute atomic E-state index is 0.242. The molecule has 0 aliphatic rings. The maximum atomic E-state index is 11.4. The van der Waals surface area contributed by atoms with Gasteiger partial charge >= 0.3 is 0 Å². The summed E-state index contributed by atoms with van der Waals surface area (Å²) in [4.78, 5) is 13.8. The van der Waals surface area contributed by atoms with Crippen LogP contribution in [0.3, 0.4) is 0 Å². The van der Waals surface area contributed by atoms with E-state index in [0.29, 0.717) is 5.56 Å². The highest BCUT2D eigenvalue weighted by molar-refractivity contribution is 5.93. The summed E-state index contributed by atoms with van der Waals surface area (Å²) < 4.78 is 0. The molecular weight excluding hydrogens is 226 g/mol. The third-order valence-electron chi connectivity index (χ3n) is 3.00. The van der Waals surface area contributed by atoms with Gasteiger partial charge in [0, 0.05) is 12.1 Å². The second-order valence-corrected chi connectivity index (χ2v) is 4.40. The summed E-state index contributed by atoms with van der Waals surface area (Å²) in [6.45, 7) is 7.35. The first-order chi connectivity index (χ1) is 8.71. The minimum atomic E-state index is -0.242. The first-order valence-corrected chi connectivity index (χ1v) is 6.53. The Balaban J connectivity index is 2.68. The van der Waals surface area contributed by atoms with Crippen LogP contribution in [0.4, 0.5) is 0 Å². The zero-order chi connectivity index (χ0) is 13.4. The number of hydrazine groups is 1. The number of nitrogen functional groups attached to an aromatic ring is 1. The Hall–Kier alpha value is -1.39. The Bertz CT molecular complexity index is 379. The average molecular weight is 249 g/mol. The lowest BCUT2D eigenvalue weighted by Crippen LogP contribution is -2.30. The number of carbonyl (C=O) groups excluding carboxylic acids is 1. The summed E-state index contributed by atoms with van der Waals surface area (Å²) in [7, 11) is 0. The number of amides is 1. The molecule has 0 heterocycles. The van der Waals surface area contributed by atoms with Crippen molar-refractivity contribution < 1.29 is 4.79 Å². The van der Waals surface area contributed by atoms with Crippen LogP contribution in [0.25, 0.3) is 0 Å². The molecule has 4 heteroatoms. The van der Waals surface area contributed by atoms with E-state index in [1.807, 2.05) is 18.2 Å². The molecule has 0 saturated heterocycles. The van der Waals surface area contributed by atoms with Gasteiger partial charge in [0.2, 0.25) is 0 Å². The molecule has 1 aromatic rings. The molecule has 100 valence electrons. The summed E-state index contributed by atoms with van der Waals surface area (Å²) in [5, 5.41) is 0. The smallest absolute Gasteiger partial charge is 0.265 e. The van der Waals surface area contributed by atoms with E-state index >= 15 is 0 Å². The highest BCUT2D eigenvalue weighted by Gasteiger charge is 2.07. The van der Waals surface area contributed by atoms with Crippen LogP contribution in [0.1, 0.15) is 42.6 Å². The molecule has 0 fully saturated rings. The van der Waals surface area contributed by atoms with Gasteiger partial charge in [-0.25, -0.2) is 5.84 Å². The molecule has 0 radical (unpaired) electrons. The zero-order valence-electron chi connectivity index (χ0n) is 11.3. The summed E-state index contributed by atoms with van der Waals surface area (Å²) in [5.41, 5.74) is 3.92. The number of hydrogen-bond donors (Lipinski definition) is 2. The summed E-state index contributed by atoms with van der Waals surface area (Å²) >= 11 is 0. The van der Waals surface area contributed by atoms with E-state index in [4.69, 9.17) is 5.84 Å². The van der Waals surface area contributed by atoms with Crippen LogP contribution >= 0.6 is 0 Å². The third kappa shape index (κ3) is 4.47. The Morgan fingerprint density at radius 3 is 2.78 bits per heavy atom. The molecule has 0 saturated carbocycles. The molecule has 0 unspecified atom stereocenters. The topological polar surface area (TPSA) is 58.4 Å². The van der Waals surface area contributed by atoms with Gasteiger partial charge in [-0.1, -0.05) is 32.4 Å². The lowest BCUT2D eigenvalue weighted by Gasteiger charge is -2.20. The van der Waals surface area contributed by atoms with Gasteiger partial charge in [-0.05, 0) is 37.2 Å². The number of carbonyl (C=O) groups is 1. The lowest BCUT2D eigenvalue weighted by molar-refractivity contribution is 0.0953. The first-order valence-electron chi connectivity index (χ1n) is 6.53. The molecular formula is C14H23N3O. The van der Waals surface area contributed by atoms with Crippen molar-refractivity contribution in [3.8, 4) is 0 Å². The van der Waals surface area contributed by atoms with E-state index < -0.39 is 0 Å². The second-order valence-electron chi connectivity index (χ2n) is 4.40. The van der Waals surface area contributed by atoms with Crippen LogP contribution in [-0.4, -0.2) is 23.9 Å². The molecule has 3 N–H and O–H groups in total. The Morgan fingerprint density at radius 1 is 1.39 bits per heavy atom. The van der Waals surface area contributed by atoms with Gasteiger partial charge in [0.25, 0.3) is 5.91 Å². The molecule has 1 amide bonds. The van der Waals surface area contributed by atoms with E-state index in [1.165, 1.54) is 12.8 Å². The van der Waals surface area contributed by atoms with Crippen molar-refractivity contribution >= 4 is 5.91 Å². The number of rotatable bonds is 7. The van der Waals surface area contributed by atoms with Crippen molar-refractivity contribution in [3.05, 3.63) is 35.4 Å². The number of nitrogens with zero attached hydrogens (tertiary/aromatic N) is 1. The summed E-state index contributed by atoms with van der Waals surface area (Å²) in [5.74, 6) is 4.90. The number of nitrogens with two attached hydrogens (primary N) is 1. The van der Waals surface area contributed by atoms with Crippen molar-refractivity contribution in [2.75, 3.05) is 13.1 Å². The monoisotopic (exact) mass is 249 g/mol. The SMILES string of the molecule is CCCCN(CC)Cc1cccc(C(=O)NN)c1. The fourth-order valence-electron chi connectivity index (χ4n) is 1.88. The molecule has 0 bridgehead atoms. The van der Waals surface area contributed by atoms with Crippen LogP contribution < -0.4 is 11.3 Å².